The zero-order valence-corrected chi connectivity index (χ0v) is 18.2. The molecule has 0 aliphatic rings. The zero-order chi connectivity index (χ0) is 22.2. The number of amides is 1. The highest BCUT2D eigenvalue weighted by Crippen LogP contribution is 2.21. The Hall–Kier alpha value is -3.54. The lowest BCUT2D eigenvalue weighted by Gasteiger charge is -2.16. The van der Waals surface area contributed by atoms with Gasteiger partial charge in [0, 0.05) is 50.0 Å². The number of rotatable bonds is 9. The van der Waals surface area contributed by atoms with Gasteiger partial charge in [-0.05, 0) is 29.7 Å². The van der Waals surface area contributed by atoms with Gasteiger partial charge in [0.25, 0.3) is 0 Å². The van der Waals surface area contributed by atoms with Crippen LogP contribution in [0.2, 0.25) is 0 Å². The second kappa shape index (κ2) is 10.5. The molecule has 6 heteroatoms. The van der Waals surface area contributed by atoms with Gasteiger partial charge in [-0.25, -0.2) is 4.98 Å². The minimum atomic E-state index is -0.0172. The van der Waals surface area contributed by atoms with E-state index in [1.165, 1.54) is 0 Å². The number of carbonyl (C=O) groups is 2. The fraction of sp³-hybridized carbons (Fsp3) is 0.280. The average Bonchev–Trinajstić information content (AvgIpc) is 2.82. The molecule has 1 amide bonds. The van der Waals surface area contributed by atoms with Gasteiger partial charge >= 0.3 is 0 Å². The lowest BCUT2D eigenvalue weighted by atomic mass is 10.0. The van der Waals surface area contributed by atoms with Crippen molar-refractivity contribution >= 4 is 11.7 Å². The summed E-state index contributed by atoms with van der Waals surface area (Å²) in [6, 6.07) is 15.5. The number of aromatic nitrogens is 2. The molecule has 2 aromatic heterocycles. The zero-order valence-electron chi connectivity index (χ0n) is 18.2. The molecule has 0 aliphatic carbocycles. The summed E-state index contributed by atoms with van der Waals surface area (Å²) in [5.74, 6) is 0.652. The lowest BCUT2D eigenvalue weighted by molar-refractivity contribution is -0.130. The maximum Gasteiger partial charge on any atom is 0.222 e. The number of hydrogen-bond donors (Lipinski definition) is 0. The Morgan fingerprint density at radius 2 is 1.74 bits per heavy atom. The molecule has 0 aliphatic heterocycles. The first kappa shape index (κ1) is 22.2. The Balaban J connectivity index is 1.61. The first-order chi connectivity index (χ1) is 15.0. The molecule has 0 radical (unpaired) electrons. The van der Waals surface area contributed by atoms with Crippen LogP contribution in [-0.2, 0) is 17.8 Å². The van der Waals surface area contributed by atoms with Crippen molar-refractivity contribution in [1.29, 1.82) is 0 Å². The highest BCUT2D eigenvalue weighted by atomic mass is 16.5. The summed E-state index contributed by atoms with van der Waals surface area (Å²) >= 11 is 0. The molecule has 160 valence electrons. The predicted molar refractivity (Wildman–Crippen MR) is 120 cm³/mol. The molecule has 3 aromatic rings. The molecule has 1 aromatic carbocycles. The van der Waals surface area contributed by atoms with Crippen molar-refractivity contribution in [3.05, 3.63) is 77.7 Å². The maximum absolute atomic E-state index is 12.5. The van der Waals surface area contributed by atoms with Crippen LogP contribution in [0.3, 0.4) is 0 Å². The summed E-state index contributed by atoms with van der Waals surface area (Å²) in [5, 5.41) is 0. The van der Waals surface area contributed by atoms with Crippen molar-refractivity contribution in [3.63, 3.8) is 0 Å². The molecule has 0 unspecified atom stereocenters. The molecular weight excluding hydrogens is 390 g/mol. The number of pyridine rings is 2. The number of ketones is 1. The van der Waals surface area contributed by atoms with E-state index < -0.39 is 0 Å². The molecule has 0 atom stereocenters. The molecule has 0 saturated carbocycles. The number of ether oxygens (including phenoxy) is 1. The number of Topliss-reactive ketones (excluding diaryl/α,β-unsaturated/α-hetero) is 1. The monoisotopic (exact) mass is 417 g/mol. The Morgan fingerprint density at radius 3 is 2.39 bits per heavy atom. The van der Waals surface area contributed by atoms with E-state index in [1.807, 2.05) is 56.4 Å². The Morgan fingerprint density at radius 1 is 1.00 bits per heavy atom. The van der Waals surface area contributed by atoms with Gasteiger partial charge in [0.1, 0.15) is 5.69 Å². The van der Waals surface area contributed by atoms with Crippen molar-refractivity contribution in [2.45, 2.75) is 32.7 Å². The third-order valence-electron chi connectivity index (χ3n) is 5.15. The molecule has 0 bridgehead atoms. The van der Waals surface area contributed by atoms with Gasteiger partial charge in [0.05, 0.1) is 7.11 Å². The van der Waals surface area contributed by atoms with Crippen LogP contribution in [0.25, 0.3) is 11.1 Å². The first-order valence-electron chi connectivity index (χ1n) is 10.3. The third kappa shape index (κ3) is 5.75. The third-order valence-corrected chi connectivity index (χ3v) is 5.15. The molecule has 6 nitrogen and oxygen atoms in total. The summed E-state index contributed by atoms with van der Waals surface area (Å²) in [7, 11) is 3.38. The van der Waals surface area contributed by atoms with Crippen molar-refractivity contribution in [2.75, 3.05) is 14.2 Å². The van der Waals surface area contributed by atoms with Gasteiger partial charge in [-0.1, -0.05) is 43.3 Å². The number of nitrogens with zero attached hydrogens (tertiary/aromatic N) is 3. The van der Waals surface area contributed by atoms with Crippen LogP contribution in [0.1, 0.15) is 41.4 Å². The molecule has 0 N–H and O–H groups in total. The summed E-state index contributed by atoms with van der Waals surface area (Å²) in [4.78, 5) is 34.5. The van der Waals surface area contributed by atoms with E-state index in [4.69, 9.17) is 4.74 Å². The van der Waals surface area contributed by atoms with Gasteiger partial charge < -0.3 is 9.64 Å². The fourth-order valence-electron chi connectivity index (χ4n) is 3.34. The van der Waals surface area contributed by atoms with Crippen molar-refractivity contribution in [3.8, 4) is 17.0 Å². The topological polar surface area (TPSA) is 72.4 Å². The molecule has 2 heterocycles. The minimum Gasteiger partial charge on any atom is -0.481 e. The van der Waals surface area contributed by atoms with E-state index >= 15 is 0 Å². The summed E-state index contributed by atoms with van der Waals surface area (Å²) in [6.07, 6.45) is 4.78. The number of hydrogen-bond acceptors (Lipinski definition) is 5. The van der Waals surface area contributed by atoms with E-state index in [9.17, 15) is 9.59 Å². The fourth-order valence-corrected chi connectivity index (χ4v) is 3.34. The van der Waals surface area contributed by atoms with Crippen LogP contribution < -0.4 is 4.74 Å². The number of methoxy groups -OCH3 is 1. The van der Waals surface area contributed by atoms with Gasteiger partial charge in [0.2, 0.25) is 11.8 Å². The summed E-state index contributed by atoms with van der Waals surface area (Å²) < 4.78 is 5.24. The van der Waals surface area contributed by atoms with Crippen LogP contribution in [0, 0.1) is 0 Å². The van der Waals surface area contributed by atoms with E-state index in [0.29, 0.717) is 37.4 Å². The smallest absolute Gasteiger partial charge is 0.222 e. The Labute approximate surface area is 182 Å². The van der Waals surface area contributed by atoms with Crippen molar-refractivity contribution in [2.24, 2.45) is 0 Å². The molecule has 0 fully saturated rings. The molecule has 0 spiro atoms. The van der Waals surface area contributed by atoms with Crippen molar-refractivity contribution in [1.82, 2.24) is 14.9 Å². The number of aryl methyl sites for hydroxylation is 1. The van der Waals surface area contributed by atoms with Crippen LogP contribution in [0.5, 0.6) is 5.88 Å². The SMILES string of the molecule is CCC(=O)N(C)Cc1ccc(-c2ccc(C(=O)CCc3cccnc3OC)nc2)cc1. The van der Waals surface area contributed by atoms with Gasteiger partial charge in [-0.3, -0.25) is 14.6 Å². The Kier molecular flexibility index (Phi) is 7.49. The lowest BCUT2D eigenvalue weighted by Crippen LogP contribution is -2.25. The average molecular weight is 418 g/mol. The summed E-state index contributed by atoms with van der Waals surface area (Å²) in [6.45, 7) is 2.44. The largest absolute Gasteiger partial charge is 0.481 e. The van der Waals surface area contributed by atoms with E-state index in [-0.39, 0.29) is 11.7 Å². The second-order valence-electron chi connectivity index (χ2n) is 7.33. The second-order valence-corrected chi connectivity index (χ2v) is 7.33. The van der Waals surface area contributed by atoms with Gasteiger partial charge in [-0.15, -0.1) is 0 Å². The van der Waals surface area contributed by atoms with E-state index in [0.717, 1.165) is 22.3 Å². The molecular formula is C25H27N3O3. The van der Waals surface area contributed by atoms with Crippen LogP contribution >= 0.6 is 0 Å². The highest BCUT2D eigenvalue weighted by molar-refractivity contribution is 5.94. The molecule has 0 saturated heterocycles. The standard InChI is InChI=1S/C25H27N3O3/c1-4-24(30)28(2)17-18-7-9-19(10-8-18)21-11-13-22(27-16-21)23(29)14-12-20-6-5-15-26-25(20)31-3/h5-11,13,15-16H,4,12,14,17H2,1-3H3. The normalized spacial score (nSPS) is 10.5. The van der Waals surface area contributed by atoms with E-state index in [1.54, 1.807) is 30.5 Å². The quantitative estimate of drug-likeness (QED) is 0.485. The maximum atomic E-state index is 12.5. The Bertz CT molecular complexity index is 1030. The van der Waals surface area contributed by atoms with Crippen molar-refractivity contribution < 1.29 is 14.3 Å². The number of benzene rings is 1. The number of carbonyl (C=O) groups excluding carboxylic acids is 2. The van der Waals surface area contributed by atoms with E-state index in [2.05, 4.69) is 9.97 Å². The minimum absolute atomic E-state index is 0.0172. The molecule has 31 heavy (non-hydrogen) atoms. The van der Waals surface area contributed by atoms with Crippen LogP contribution in [0.4, 0.5) is 0 Å². The van der Waals surface area contributed by atoms with Gasteiger partial charge in [0.15, 0.2) is 5.78 Å². The first-order valence-corrected chi connectivity index (χ1v) is 10.3. The molecule has 3 rings (SSSR count). The van der Waals surface area contributed by atoms with Gasteiger partial charge in [-0.2, -0.15) is 0 Å². The van der Waals surface area contributed by atoms with Crippen LogP contribution in [0.15, 0.2) is 60.9 Å². The van der Waals surface area contributed by atoms with Crippen LogP contribution in [-0.4, -0.2) is 40.7 Å². The predicted octanol–water partition coefficient (Wildman–Crippen LogP) is 4.34. The highest BCUT2D eigenvalue weighted by Gasteiger charge is 2.11. The summed E-state index contributed by atoms with van der Waals surface area (Å²) in [5.41, 5.74) is 4.37.